The van der Waals surface area contributed by atoms with Gasteiger partial charge in [-0.3, -0.25) is 4.79 Å². The second-order valence-corrected chi connectivity index (χ2v) is 5.48. The minimum atomic E-state index is -0.231. The monoisotopic (exact) mass is 236 g/mol. The average Bonchev–Trinajstić information content (AvgIpc) is 2.20. The second kappa shape index (κ2) is 5.21. The predicted octanol–water partition coefficient (Wildman–Crippen LogP) is 3.43. The zero-order valence-electron chi connectivity index (χ0n) is 10.9. The van der Waals surface area contributed by atoms with Crippen LogP contribution in [-0.2, 0) is 4.79 Å². The maximum Gasteiger partial charge on any atom is 0.311 e. The molecule has 0 spiro atoms. The Morgan fingerprint density at radius 2 is 2.00 bits per heavy atom. The van der Waals surface area contributed by atoms with Crippen molar-refractivity contribution in [2.75, 3.05) is 0 Å². The summed E-state index contributed by atoms with van der Waals surface area (Å²) in [4.78, 5) is 11.6. The molecular formula is C14H20O3. The molecule has 0 aromatic heterocycles. The Kier molecular flexibility index (Phi) is 4.16. The Bertz CT molecular complexity index is 402. The van der Waals surface area contributed by atoms with Crippen LogP contribution in [0.1, 0.15) is 39.2 Å². The lowest BCUT2D eigenvalue weighted by atomic mass is 9.91. The molecule has 0 aliphatic rings. The van der Waals surface area contributed by atoms with Crippen LogP contribution >= 0.6 is 0 Å². The minimum absolute atomic E-state index is 0.129. The van der Waals surface area contributed by atoms with Gasteiger partial charge in [-0.15, -0.1) is 0 Å². The molecule has 0 saturated carbocycles. The lowest BCUT2D eigenvalue weighted by molar-refractivity contribution is -0.134. The van der Waals surface area contributed by atoms with Crippen LogP contribution in [-0.4, -0.2) is 11.1 Å². The molecule has 0 radical (unpaired) electrons. The van der Waals surface area contributed by atoms with Gasteiger partial charge in [0.25, 0.3) is 0 Å². The van der Waals surface area contributed by atoms with Gasteiger partial charge in [-0.05, 0) is 42.5 Å². The van der Waals surface area contributed by atoms with E-state index in [9.17, 15) is 9.90 Å². The van der Waals surface area contributed by atoms with Crippen molar-refractivity contribution in [2.24, 2.45) is 5.41 Å². The summed E-state index contributed by atoms with van der Waals surface area (Å²) in [5, 5.41) is 9.35. The van der Waals surface area contributed by atoms with E-state index in [-0.39, 0.29) is 17.1 Å². The van der Waals surface area contributed by atoms with E-state index in [0.717, 1.165) is 6.42 Å². The van der Waals surface area contributed by atoms with Crippen LogP contribution in [0.5, 0.6) is 11.5 Å². The number of benzene rings is 1. The number of carbonyl (C=O) groups is 1. The number of phenols is 1. The number of esters is 1. The van der Waals surface area contributed by atoms with Gasteiger partial charge < -0.3 is 9.84 Å². The zero-order chi connectivity index (χ0) is 13.1. The molecule has 0 heterocycles. The van der Waals surface area contributed by atoms with Crippen LogP contribution in [0.4, 0.5) is 0 Å². The average molecular weight is 236 g/mol. The van der Waals surface area contributed by atoms with Gasteiger partial charge in [0.2, 0.25) is 0 Å². The predicted molar refractivity (Wildman–Crippen MR) is 67.2 cm³/mol. The van der Waals surface area contributed by atoms with Gasteiger partial charge in [-0.2, -0.15) is 0 Å². The molecule has 1 N–H and O–H groups in total. The van der Waals surface area contributed by atoms with Crippen molar-refractivity contribution in [1.82, 2.24) is 0 Å². The Morgan fingerprint density at radius 1 is 1.35 bits per heavy atom. The number of phenolic OH excluding ortho intramolecular Hbond substituents is 1. The highest BCUT2D eigenvalue weighted by molar-refractivity contribution is 5.72. The van der Waals surface area contributed by atoms with Crippen molar-refractivity contribution in [3.8, 4) is 11.5 Å². The summed E-state index contributed by atoms with van der Waals surface area (Å²) in [5.74, 6) is 0.462. The van der Waals surface area contributed by atoms with Gasteiger partial charge in [0.1, 0.15) is 11.5 Å². The number of aromatic hydroxyl groups is 1. The lowest BCUT2D eigenvalue weighted by Gasteiger charge is -2.16. The lowest BCUT2D eigenvalue weighted by Crippen LogP contribution is -2.13. The van der Waals surface area contributed by atoms with Crippen molar-refractivity contribution in [3.63, 3.8) is 0 Å². The molecule has 94 valence electrons. The molecule has 1 rings (SSSR count). The van der Waals surface area contributed by atoms with E-state index in [1.807, 2.05) is 0 Å². The van der Waals surface area contributed by atoms with Crippen LogP contribution in [0.25, 0.3) is 0 Å². The third-order valence-corrected chi connectivity index (χ3v) is 2.48. The molecule has 3 heteroatoms. The van der Waals surface area contributed by atoms with E-state index in [1.54, 1.807) is 19.1 Å². The molecule has 0 aliphatic heterocycles. The summed E-state index contributed by atoms with van der Waals surface area (Å²) >= 11 is 0. The molecule has 0 fully saturated rings. The van der Waals surface area contributed by atoms with Gasteiger partial charge in [0.15, 0.2) is 0 Å². The van der Waals surface area contributed by atoms with Crippen LogP contribution in [0.2, 0.25) is 0 Å². The Morgan fingerprint density at radius 3 is 2.53 bits per heavy atom. The van der Waals surface area contributed by atoms with Crippen LogP contribution in [0, 0.1) is 12.3 Å². The first kappa shape index (κ1) is 13.6. The minimum Gasteiger partial charge on any atom is -0.508 e. The standard InChI is InChI=1S/C14H20O3/c1-10-9-11(5-6-12(10)15)17-13(16)7-8-14(2,3)4/h5-6,9,15H,7-8H2,1-4H3. The van der Waals surface area contributed by atoms with E-state index in [1.165, 1.54) is 6.07 Å². The number of hydrogen-bond acceptors (Lipinski definition) is 3. The molecule has 0 saturated heterocycles. The fraction of sp³-hybridized carbons (Fsp3) is 0.500. The van der Waals surface area contributed by atoms with Crippen molar-refractivity contribution in [3.05, 3.63) is 23.8 Å². The topological polar surface area (TPSA) is 46.5 Å². The second-order valence-electron chi connectivity index (χ2n) is 5.48. The number of carbonyl (C=O) groups excluding carboxylic acids is 1. The molecule has 1 aromatic carbocycles. The number of aryl methyl sites for hydroxylation is 1. The maximum atomic E-state index is 11.6. The van der Waals surface area contributed by atoms with E-state index < -0.39 is 0 Å². The van der Waals surface area contributed by atoms with E-state index in [2.05, 4.69) is 20.8 Å². The van der Waals surface area contributed by atoms with Crippen molar-refractivity contribution in [1.29, 1.82) is 0 Å². The number of hydrogen-bond donors (Lipinski definition) is 1. The van der Waals surface area contributed by atoms with Gasteiger partial charge >= 0.3 is 5.97 Å². The molecular weight excluding hydrogens is 216 g/mol. The van der Waals surface area contributed by atoms with Gasteiger partial charge in [0.05, 0.1) is 0 Å². The van der Waals surface area contributed by atoms with Crippen LogP contribution < -0.4 is 4.74 Å². The number of ether oxygens (including phenoxy) is 1. The molecule has 1 aromatic rings. The molecule has 17 heavy (non-hydrogen) atoms. The molecule has 0 aliphatic carbocycles. The van der Waals surface area contributed by atoms with Crippen molar-refractivity contribution < 1.29 is 14.6 Å². The summed E-state index contributed by atoms with van der Waals surface area (Å²) in [6, 6.07) is 4.78. The summed E-state index contributed by atoms with van der Waals surface area (Å²) in [7, 11) is 0. The van der Waals surface area contributed by atoms with E-state index in [0.29, 0.717) is 17.7 Å². The number of rotatable bonds is 3. The fourth-order valence-electron chi connectivity index (χ4n) is 1.35. The quantitative estimate of drug-likeness (QED) is 0.646. The van der Waals surface area contributed by atoms with Crippen LogP contribution in [0.15, 0.2) is 18.2 Å². The first-order chi connectivity index (χ1) is 7.78. The largest absolute Gasteiger partial charge is 0.508 e. The summed E-state index contributed by atoms with van der Waals surface area (Å²) in [6.45, 7) is 8.03. The highest BCUT2D eigenvalue weighted by atomic mass is 16.5. The highest BCUT2D eigenvalue weighted by Gasteiger charge is 2.14. The van der Waals surface area contributed by atoms with Gasteiger partial charge in [-0.25, -0.2) is 0 Å². The molecule has 0 bridgehead atoms. The summed E-state index contributed by atoms with van der Waals surface area (Å²) in [6.07, 6.45) is 1.20. The Labute approximate surface area is 102 Å². The summed E-state index contributed by atoms with van der Waals surface area (Å²) < 4.78 is 5.20. The normalized spacial score (nSPS) is 11.3. The Balaban J connectivity index is 2.54. The smallest absolute Gasteiger partial charge is 0.311 e. The molecule has 0 amide bonds. The first-order valence-corrected chi connectivity index (χ1v) is 5.78. The first-order valence-electron chi connectivity index (χ1n) is 5.78. The maximum absolute atomic E-state index is 11.6. The molecule has 0 unspecified atom stereocenters. The van der Waals surface area contributed by atoms with E-state index >= 15 is 0 Å². The highest BCUT2D eigenvalue weighted by Crippen LogP contribution is 2.24. The van der Waals surface area contributed by atoms with Gasteiger partial charge in [-0.1, -0.05) is 20.8 Å². The Hall–Kier alpha value is -1.51. The third kappa shape index (κ3) is 4.89. The zero-order valence-corrected chi connectivity index (χ0v) is 10.9. The SMILES string of the molecule is Cc1cc(OC(=O)CCC(C)(C)C)ccc1O. The third-order valence-electron chi connectivity index (χ3n) is 2.48. The summed E-state index contributed by atoms with van der Waals surface area (Å²) in [5.41, 5.74) is 0.829. The fourth-order valence-corrected chi connectivity index (χ4v) is 1.35. The molecule has 3 nitrogen and oxygen atoms in total. The van der Waals surface area contributed by atoms with E-state index in [4.69, 9.17) is 4.74 Å². The molecule has 0 atom stereocenters. The van der Waals surface area contributed by atoms with Crippen LogP contribution in [0.3, 0.4) is 0 Å². The van der Waals surface area contributed by atoms with Gasteiger partial charge in [0, 0.05) is 6.42 Å². The van der Waals surface area contributed by atoms with Crippen molar-refractivity contribution >= 4 is 5.97 Å². The van der Waals surface area contributed by atoms with Crippen molar-refractivity contribution in [2.45, 2.75) is 40.5 Å².